The van der Waals surface area contributed by atoms with Gasteiger partial charge in [-0.3, -0.25) is 4.79 Å². The first-order chi connectivity index (χ1) is 11.1. The van der Waals surface area contributed by atoms with Crippen LogP contribution in [0.1, 0.15) is 32.6 Å². The fraction of sp³-hybridized carbons (Fsp3) is 0.529. The second-order valence-electron chi connectivity index (χ2n) is 5.79. The Kier molecular flexibility index (Phi) is 6.26. The van der Waals surface area contributed by atoms with E-state index in [2.05, 4.69) is 17.6 Å². The molecule has 1 aromatic rings. The second kappa shape index (κ2) is 8.41. The highest BCUT2D eigenvalue weighted by atomic mass is 16.5. The van der Waals surface area contributed by atoms with Crippen LogP contribution < -0.4 is 15.4 Å². The van der Waals surface area contributed by atoms with E-state index in [9.17, 15) is 9.59 Å². The van der Waals surface area contributed by atoms with Crippen LogP contribution in [0.3, 0.4) is 0 Å². The average molecular weight is 319 g/mol. The number of nitrogens with zero attached hydrogens (tertiary/aromatic N) is 1. The van der Waals surface area contributed by atoms with Crippen molar-refractivity contribution in [2.24, 2.45) is 0 Å². The molecular weight excluding hydrogens is 294 g/mol. The molecule has 126 valence electrons. The number of nitrogens with one attached hydrogen (secondary N) is 2. The molecule has 23 heavy (non-hydrogen) atoms. The van der Waals surface area contributed by atoms with Gasteiger partial charge in [0.2, 0.25) is 5.91 Å². The fourth-order valence-corrected chi connectivity index (χ4v) is 2.74. The van der Waals surface area contributed by atoms with Crippen LogP contribution in [0.5, 0.6) is 5.75 Å². The first kappa shape index (κ1) is 17.1. The molecule has 1 heterocycles. The van der Waals surface area contributed by atoms with E-state index in [1.165, 1.54) is 6.42 Å². The van der Waals surface area contributed by atoms with Crippen LogP contribution in [0.4, 0.5) is 10.5 Å². The zero-order valence-corrected chi connectivity index (χ0v) is 13.8. The molecule has 1 aliphatic rings. The minimum Gasteiger partial charge on any atom is -0.497 e. The van der Waals surface area contributed by atoms with Crippen molar-refractivity contribution in [1.29, 1.82) is 0 Å². The number of amides is 3. The Balaban J connectivity index is 1.70. The SMILES string of the molecule is COc1ccc(NC(=O)NCCC(=O)N2CCCCC2C)cc1. The van der Waals surface area contributed by atoms with E-state index < -0.39 is 0 Å². The highest BCUT2D eigenvalue weighted by molar-refractivity contribution is 5.89. The molecule has 2 N–H and O–H groups in total. The Morgan fingerprint density at radius 1 is 1.26 bits per heavy atom. The lowest BCUT2D eigenvalue weighted by Crippen LogP contribution is -2.43. The van der Waals surface area contributed by atoms with Crippen LogP contribution >= 0.6 is 0 Å². The number of carbonyl (C=O) groups excluding carboxylic acids is 2. The molecule has 6 nitrogen and oxygen atoms in total. The second-order valence-corrected chi connectivity index (χ2v) is 5.79. The molecule has 1 unspecified atom stereocenters. The predicted molar refractivity (Wildman–Crippen MR) is 89.7 cm³/mol. The molecule has 1 fully saturated rings. The summed E-state index contributed by atoms with van der Waals surface area (Å²) in [5.74, 6) is 0.846. The smallest absolute Gasteiger partial charge is 0.319 e. The maximum Gasteiger partial charge on any atom is 0.319 e. The number of hydrogen-bond donors (Lipinski definition) is 2. The third-order valence-corrected chi connectivity index (χ3v) is 4.10. The summed E-state index contributed by atoms with van der Waals surface area (Å²) < 4.78 is 5.06. The third kappa shape index (κ3) is 5.16. The van der Waals surface area contributed by atoms with E-state index in [0.717, 1.165) is 25.1 Å². The Bertz CT molecular complexity index is 530. The Morgan fingerprint density at radius 3 is 2.65 bits per heavy atom. The molecule has 1 aliphatic heterocycles. The highest BCUT2D eigenvalue weighted by Crippen LogP contribution is 2.17. The van der Waals surface area contributed by atoms with Crippen molar-refractivity contribution < 1.29 is 14.3 Å². The normalized spacial score (nSPS) is 17.5. The summed E-state index contributed by atoms with van der Waals surface area (Å²) in [4.78, 5) is 25.9. The van der Waals surface area contributed by atoms with Crippen molar-refractivity contribution in [3.63, 3.8) is 0 Å². The maximum absolute atomic E-state index is 12.2. The molecule has 0 aliphatic carbocycles. The number of methoxy groups -OCH3 is 1. The Morgan fingerprint density at radius 2 is 2.00 bits per heavy atom. The van der Waals surface area contributed by atoms with Gasteiger partial charge in [-0.1, -0.05) is 0 Å². The van der Waals surface area contributed by atoms with Gasteiger partial charge in [0.15, 0.2) is 0 Å². The van der Waals surface area contributed by atoms with Crippen LogP contribution in [0, 0.1) is 0 Å². The largest absolute Gasteiger partial charge is 0.497 e. The monoisotopic (exact) mass is 319 g/mol. The lowest BCUT2D eigenvalue weighted by atomic mass is 10.0. The summed E-state index contributed by atoms with van der Waals surface area (Å²) in [6.45, 7) is 3.25. The topological polar surface area (TPSA) is 70.7 Å². The van der Waals surface area contributed by atoms with Gasteiger partial charge < -0.3 is 20.3 Å². The van der Waals surface area contributed by atoms with Crippen LogP contribution in [-0.4, -0.2) is 43.1 Å². The lowest BCUT2D eigenvalue weighted by molar-refractivity contribution is -0.134. The fourth-order valence-electron chi connectivity index (χ4n) is 2.74. The van der Waals surface area contributed by atoms with E-state index in [1.54, 1.807) is 31.4 Å². The Hall–Kier alpha value is -2.24. The molecule has 0 bridgehead atoms. The lowest BCUT2D eigenvalue weighted by Gasteiger charge is -2.33. The third-order valence-electron chi connectivity index (χ3n) is 4.10. The van der Waals surface area contributed by atoms with Crippen molar-refractivity contribution in [2.75, 3.05) is 25.5 Å². The van der Waals surface area contributed by atoms with Crippen molar-refractivity contribution >= 4 is 17.6 Å². The zero-order chi connectivity index (χ0) is 16.7. The highest BCUT2D eigenvalue weighted by Gasteiger charge is 2.22. The molecule has 0 spiro atoms. The van der Waals surface area contributed by atoms with Gasteiger partial charge in [-0.2, -0.15) is 0 Å². The van der Waals surface area contributed by atoms with Gasteiger partial charge in [0.1, 0.15) is 5.75 Å². The summed E-state index contributed by atoms with van der Waals surface area (Å²) in [6.07, 6.45) is 3.66. The maximum atomic E-state index is 12.2. The van der Waals surface area contributed by atoms with Crippen molar-refractivity contribution in [2.45, 2.75) is 38.6 Å². The average Bonchev–Trinajstić information content (AvgIpc) is 2.56. The van der Waals surface area contributed by atoms with E-state index in [0.29, 0.717) is 24.7 Å². The van der Waals surface area contributed by atoms with Gasteiger partial charge in [-0.25, -0.2) is 4.79 Å². The van der Waals surface area contributed by atoms with Crippen LogP contribution in [0.15, 0.2) is 24.3 Å². The molecule has 1 saturated heterocycles. The van der Waals surface area contributed by atoms with Gasteiger partial charge in [0.05, 0.1) is 7.11 Å². The van der Waals surface area contributed by atoms with E-state index in [4.69, 9.17) is 4.74 Å². The molecule has 0 aromatic heterocycles. The van der Waals surface area contributed by atoms with Crippen molar-refractivity contribution in [3.8, 4) is 5.75 Å². The number of carbonyl (C=O) groups is 2. The summed E-state index contributed by atoms with van der Waals surface area (Å²) in [5.41, 5.74) is 0.680. The predicted octanol–water partition coefficient (Wildman–Crippen LogP) is 2.61. The number of ether oxygens (including phenoxy) is 1. The van der Waals surface area contributed by atoms with Gasteiger partial charge in [-0.15, -0.1) is 0 Å². The van der Waals surface area contributed by atoms with Crippen LogP contribution in [-0.2, 0) is 4.79 Å². The van der Waals surface area contributed by atoms with Crippen molar-refractivity contribution in [1.82, 2.24) is 10.2 Å². The van der Waals surface area contributed by atoms with Crippen LogP contribution in [0.2, 0.25) is 0 Å². The molecule has 1 aromatic carbocycles. The number of hydrogen-bond acceptors (Lipinski definition) is 3. The zero-order valence-electron chi connectivity index (χ0n) is 13.8. The molecule has 1 atom stereocenters. The van der Waals surface area contributed by atoms with E-state index in [-0.39, 0.29) is 11.9 Å². The number of benzene rings is 1. The van der Waals surface area contributed by atoms with Gasteiger partial charge >= 0.3 is 6.03 Å². The summed E-state index contributed by atoms with van der Waals surface area (Å²) in [7, 11) is 1.59. The summed E-state index contributed by atoms with van der Waals surface area (Å²) in [6, 6.07) is 7.07. The molecule has 0 radical (unpaired) electrons. The number of urea groups is 1. The molecular formula is C17H25N3O3. The molecule has 0 saturated carbocycles. The summed E-state index contributed by atoms with van der Waals surface area (Å²) in [5, 5.41) is 5.44. The van der Waals surface area contributed by atoms with Gasteiger partial charge in [0.25, 0.3) is 0 Å². The minimum atomic E-state index is -0.311. The number of piperidine rings is 1. The number of rotatable bonds is 5. The van der Waals surface area contributed by atoms with Crippen LogP contribution in [0.25, 0.3) is 0 Å². The number of likely N-dealkylation sites (tertiary alicyclic amines) is 1. The first-order valence-corrected chi connectivity index (χ1v) is 8.08. The first-order valence-electron chi connectivity index (χ1n) is 8.08. The van der Waals surface area contributed by atoms with Gasteiger partial charge in [0, 0.05) is 31.2 Å². The standard InChI is InChI=1S/C17H25N3O3/c1-13-5-3-4-12-20(13)16(21)10-11-18-17(22)19-14-6-8-15(23-2)9-7-14/h6-9,13H,3-5,10-12H2,1-2H3,(H2,18,19,22). The quantitative estimate of drug-likeness (QED) is 0.876. The molecule has 2 rings (SSSR count). The summed E-state index contributed by atoms with van der Waals surface area (Å²) >= 11 is 0. The number of anilines is 1. The van der Waals surface area contributed by atoms with Crippen molar-refractivity contribution in [3.05, 3.63) is 24.3 Å². The minimum absolute atomic E-state index is 0.113. The van der Waals surface area contributed by atoms with Gasteiger partial charge in [-0.05, 0) is 50.5 Å². The van der Waals surface area contributed by atoms with E-state index in [1.807, 2.05) is 4.90 Å². The Labute approximate surface area is 137 Å². The molecule has 3 amide bonds. The van der Waals surface area contributed by atoms with E-state index >= 15 is 0 Å². The molecule has 6 heteroatoms.